The third-order valence-electron chi connectivity index (χ3n) is 2.31. The first-order valence-corrected chi connectivity index (χ1v) is 4.78. The largest absolute Gasteiger partial charge is 0.454 e. The molecule has 1 N–H and O–H groups in total. The Hall–Kier alpha value is -1.47. The van der Waals surface area contributed by atoms with E-state index in [4.69, 9.17) is 9.47 Å². The minimum Gasteiger partial charge on any atom is -0.454 e. The Bertz CT molecular complexity index is 420. The summed E-state index contributed by atoms with van der Waals surface area (Å²) in [6, 6.07) is 2.24. The molecule has 4 nitrogen and oxygen atoms in total. The molecule has 7 heteroatoms. The van der Waals surface area contributed by atoms with Crippen LogP contribution in [0.2, 0.25) is 0 Å². The molecule has 0 fully saturated rings. The number of fused-ring (bicyclic) bond motifs is 1. The summed E-state index contributed by atoms with van der Waals surface area (Å²) >= 11 is 0. The molecular weight excluding hydrogens is 239 g/mol. The molecule has 1 aliphatic rings. The van der Waals surface area contributed by atoms with Gasteiger partial charge in [0, 0.05) is 6.54 Å². The van der Waals surface area contributed by atoms with Crippen molar-refractivity contribution >= 4 is 0 Å². The predicted octanol–water partition coefficient (Wildman–Crippen LogP) is 2.09. The third kappa shape index (κ3) is 2.45. The van der Waals surface area contributed by atoms with E-state index in [1.807, 2.05) is 0 Å². The molecule has 17 heavy (non-hydrogen) atoms. The Morgan fingerprint density at radius 3 is 2.53 bits per heavy atom. The topological polar surface area (TPSA) is 39.7 Å². The maximum Gasteiger partial charge on any atom is 0.416 e. The number of alkyl halides is 3. The number of hydrogen-bond donors (Lipinski definition) is 1. The number of rotatable bonds is 3. The van der Waals surface area contributed by atoms with Crippen LogP contribution in [-0.2, 0) is 17.6 Å². The SMILES string of the molecule is CONCc1cc2c(cc1C(F)(F)F)OCO2. The highest BCUT2D eigenvalue weighted by Gasteiger charge is 2.35. The lowest BCUT2D eigenvalue weighted by atomic mass is 10.1. The zero-order valence-electron chi connectivity index (χ0n) is 8.93. The highest BCUT2D eigenvalue weighted by atomic mass is 19.4. The molecule has 0 spiro atoms. The molecule has 0 saturated carbocycles. The van der Waals surface area contributed by atoms with Crippen LogP contribution in [0.5, 0.6) is 11.5 Å². The summed E-state index contributed by atoms with van der Waals surface area (Å²) in [5.41, 5.74) is 1.66. The number of benzene rings is 1. The molecule has 0 saturated heterocycles. The number of hydroxylamine groups is 1. The molecular formula is C10H10F3NO3. The van der Waals surface area contributed by atoms with Gasteiger partial charge in [-0.25, -0.2) is 0 Å². The van der Waals surface area contributed by atoms with E-state index >= 15 is 0 Å². The van der Waals surface area contributed by atoms with Crippen LogP contribution in [0, 0.1) is 0 Å². The molecule has 0 bridgehead atoms. The molecule has 0 atom stereocenters. The number of hydrogen-bond acceptors (Lipinski definition) is 4. The molecule has 1 aliphatic heterocycles. The van der Waals surface area contributed by atoms with Crippen molar-refractivity contribution in [3.8, 4) is 11.5 Å². The van der Waals surface area contributed by atoms with E-state index in [0.717, 1.165) is 6.07 Å². The van der Waals surface area contributed by atoms with E-state index in [1.165, 1.54) is 13.2 Å². The van der Waals surface area contributed by atoms with Crippen molar-refractivity contribution in [3.05, 3.63) is 23.3 Å². The Labute approximate surface area is 95.2 Å². The molecule has 2 rings (SSSR count). The van der Waals surface area contributed by atoms with E-state index in [0.29, 0.717) is 5.75 Å². The molecule has 0 amide bonds. The lowest BCUT2D eigenvalue weighted by Gasteiger charge is -2.13. The van der Waals surface area contributed by atoms with E-state index in [9.17, 15) is 13.2 Å². The first-order chi connectivity index (χ1) is 8.02. The van der Waals surface area contributed by atoms with Gasteiger partial charge in [-0.15, -0.1) is 0 Å². The summed E-state index contributed by atoms with van der Waals surface area (Å²) in [5.74, 6) is 0.421. The Morgan fingerprint density at radius 2 is 1.94 bits per heavy atom. The first kappa shape index (κ1) is 12.0. The Kier molecular flexibility index (Phi) is 3.12. The van der Waals surface area contributed by atoms with Gasteiger partial charge < -0.3 is 14.3 Å². The summed E-state index contributed by atoms with van der Waals surface area (Å²) in [4.78, 5) is 4.54. The van der Waals surface area contributed by atoms with E-state index in [-0.39, 0.29) is 24.7 Å². The Morgan fingerprint density at radius 1 is 1.29 bits per heavy atom. The van der Waals surface area contributed by atoms with Crippen LogP contribution in [0.3, 0.4) is 0 Å². The molecule has 0 aromatic heterocycles. The van der Waals surface area contributed by atoms with Gasteiger partial charge in [0.2, 0.25) is 6.79 Å². The predicted molar refractivity (Wildman–Crippen MR) is 51.4 cm³/mol. The van der Waals surface area contributed by atoms with Crippen LogP contribution < -0.4 is 15.0 Å². The van der Waals surface area contributed by atoms with Crippen LogP contribution in [0.25, 0.3) is 0 Å². The number of halogens is 3. The second-order valence-electron chi connectivity index (χ2n) is 3.39. The van der Waals surface area contributed by atoms with Gasteiger partial charge in [0.1, 0.15) is 0 Å². The fourth-order valence-electron chi connectivity index (χ4n) is 1.54. The van der Waals surface area contributed by atoms with Crippen molar-refractivity contribution in [2.45, 2.75) is 12.7 Å². The van der Waals surface area contributed by atoms with Gasteiger partial charge in [-0.3, -0.25) is 0 Å². The highest BCUT2D eigenvalue weighted by molar-refractivity contribution is 5.49. The lowest BCUT2D eigenvalue weighted by Crippen LogP contribution is -2.16. The maximum absolute atomic E-state index is 12.8. The zero-order chi connectivity index (χ0) is 12.5. The van der Waals surface area contributed by atoms with Crippen LogP contribution in [-0.4, -0.2) is 13.9 Å². The monoisotopic (exact) mass is 249 g/mol. The summed E-state index contributed by atoms with van der Waals surface area (Å²) in [7, 11) is 1.33. The third-order valence-corrected chi connectivity index (χ3v) is 2.31. The molecule has 0 unspecified atom stereocenters. The van der Waals surface area contributed by atoms with Crippen molar-refractivity contribution < 1.29 is 27.5 Å². The summed E-state index contributed by atoms with van der Waals surface area (Å²) in [5, 5.41) is 0. The average molecular weight is 249 g/mol. The molecule has 94 valence electrons. The van der Waals surface area contributed by atoms with Crippen LogP contribution in [0.4, 0.5) is 13.2 Å². The fraction of sp³-hybridized carbons (Fsp3) is 0.400. The van der Waals surface area contributed by atoms with Crippen molar-refractivity contribution in [1.29, 1.82) is 0 Å². The van der Waals surface area contributed by atoms with Crippen LogP contribution >= 0.6 is 0 Å². The molecule has 1 aromatic carbocycles. The van der Waals surface area contributed by atoms with Crippen molar-refractivity contribution in [2.24, 2.45) is 0 Å². The average Bonchev–Trinajstić information content (AvgIpc) is 2.70. The van der Waals surface area contributed by atoms with Crippen molar-refractivity contribution in [2.75, 3.05) is 13.9 Å². The van der Waals surface area contributed by atoms with Crippen molar-refractivity contribution in [1.82, 2.24) is 5.48 Å². The summed E-state index contributed by atoms with van der Waals surface area (Å²) in [6.07, 6.45) is -4.44. The molecule has 1 aromatic rings. The highest BCUT2D eigenvalue weighted by Crippen LogP contribution is 2.41. The molecule has 1 heterocycles. The first-order valence-electron chi connectivity index (χ1n) is 4.78. The Balaban J connectivity index is 2.40. The number of nitrogens with one attached hydrogen (secondary N) is 1. The van der Waals surface area contributed by atoms with E-state index in [2.05, 4.69) is 10.3 Å². The minimum absolute atomic E-state index is 0.0450. The normalized spacial score (nSPS) is 14.1. The van der Waals surface area contributed by atoms with Gasteiger partial charge >= 0.3 is 6.18 Å². The van der Waals surface area contributed by atoms with Gasteiger partial charge in [0.25, 0.3) is 0 Å². The number of ether oxygens (including phenoxy) is 2. The smallest absolute Gasteiger partial charge is 0.416 e. The zero-order valence-corrected chi connectivity index (χ0v) is 8.93. The van der Waals surface area contributed by atoms with Gasteiger partial charge in [-0.05, 0) is 17.7 Å². The standard InChI is InChI=1S/C10H10F3NO3/c1-15-14-4-6-2-8-9(17-5-16-8)3-7(6)10(11,12)13/h2-3,14H,4-5H2,1H3. The molecule has 0 radical (unpaired) electrons. The lowest BCUT2D eigenvalue weighted by molar-refractivity contribution is -0.138. The van der Waals surface area contributed by atoms with Gasteiger partial charge in [0.15, 0.2) is 11.5 Å². The summed E-state index contributed by atoms with van der Waals surface area (Å²) < 4.78 is 48.3. The van der Waals surface area contributed by atoms with Crippen LogP contribution in [0.1, 0.15) is 11.1 Å². The van der Waals surface area contributed by atoms with Crippen LogP contribution in [0.15, 0.2) is 12.1 Å². The minimum atomic E-state index is -4.44. The fourth-order valence-corrected chi connectivity index (χ4v) is 1.54. The van der Waals surface area contributed by atoms with Crippen molar-refractivity contribution in [3.63, 3.8) is 0 Å². The van der Waals surface area contributed by atoms with E-state index < -0.39 is 11.7 Å². The second-order valence-corrected chi connectivity index (χ2v) is 3.39. The maximum atomic E-state index is 12.8. The quantitative estimate of drug-likeness (QED) is 0.832. The van der Waals surface area contributed by atoms with Gasteiger partial charge in [-0.2, -0.15) is 18.7 Å². The second kappa shape index (κ2) is 4.42. The van der Waals surface area contributed by atoms with E-state index in [1.54, 1.807) is 0 Å². The van der Waals surface area contributed by atoms with Gasteiger partial charge in [0.05, 0.1) is 12.7 Å². The summed E-state index contributed by atoms with van der Waals surface area (Å²) in [6.45, 7) is -0.129. The molecule has 0 aliphatic carbocycles. The van der Waals surface area contributed by atoms with Gasteiger partial charge in [-0.1, -0.05) is 0 Å².